The Morgan fingerprint density at radius 2 is 2.58 bits per heavy atom. The molecular formula is C9H14N2O. The van der Waals surface area contributed by atoms with Crippen LogP contribution in [0.25, 0.3) is 0 Å². The van der Waals surface area contributed by atoms with E-state index in [0.29, 0.717) is 0 Å². The summed E-state index contributed by atoms with van der Waals surface area (Å²) < 4.78 is 5.16. The molecule has 0 radical (unpaired) electrons. The number of hydrogen-bond donors (Lipinski definition) is 2. The predicted octanol–water partition coefficient (Wildman–Crippen LogP) is 1.67. The van der Waals surface area contributed by atoms with Gasteiger partial charge in [-0.2, -0.15) is 0 Å². The zero-order valence-electron chi connectivity index (χ0n) is 7.21. The van der Waals surface area contributed by atoms with Crippen LogP contribution in [0.4, 0.5) is 0 Å². The summed E-state index contributed by atoms with van der Waals surface area (Å²) in [7, 11) is 0. The molecule has 0 spiro atoms. The molecule has 0 aromatic carbocycles. The highest BCUT2D eigenvalue weighted by molar-refractivity contribution is 5.20. The Morgan fingerprint density at radius 1 is 1.83 bits per heavy atom. The first-order valence-corrected chi connectivity index (χ1v) is 3.90. The molecule has 1 aromatic heterocycles. The maximum atomic E-state index is 5.38. The van der Waals surface area contributed by atoms with E-state index in [-0.39, 0.29) is 6.04 Å². The molecular weight excluding hydrogens is 152 g/mol. The summed E-state index contributed by atoms with van der Waals surface area (Å²) in [4.78, 5) is 0. The third-order valence-electron chi connectivity index (χ3n) is 1.88. The van der Waals surface area contributed by atoms with Gasteiger partial charge in [-0.3, -0.25) is 11.3 Å². The second kappa shape index (κ2) is 4.09. The number of hydrogen-bond acceptors (Lipinski definition) is 3. The van der Waals surface area contributed by atoms with Crippen molar-refractivity contribution in [2.45, 2.75) is 19.4 Å². The molecule has 0 bridgehead atoms. The number of aryl methyl sites for hydroxylation is 1. The van der Waals surface area contributed by atoms with Crippen LogP contribution in [-0.2, 0) is 0 Å². The van der Waals surface area contributed by atoms with Crippen molar-refractivity contribution in [2.24, 2.45) is 5.84 Å². The highest BCUT2D eigenvalue weighted by Gasteiger charge is 2.11. The smallest absolute Gasteiger partial charge is 0.105 e. The molecule has 3 heteroatoms. The lowest BCUT2D eigenvalue weighted by atomic mass is 10.1. The maximum absolute atomic E-state index is 5.38. The molecule has 1 heterocycles. The lowest BCUT2D eigenvalue weighted by Crippen LogP contribution is -2.27. The van der Waals surface area contributed by atoms with Crippen LogP contribution in [0.2, 0.25) is 0 Å². The standard InChI is InChI=1S/C9H14N2O/c1-3-4-9(11-10)8-5-6-12-7(8)2/h3,5-6,9,11H,1,4,10H2,2H3. The minimum absolute atomic E-state index is 0.112. The Morgan fingerprint density at radius 3 is 3.00 bits per heavy atom. The number of nitrogens with one attached hydrogen (secondary N) is 1. The summed E-state index contributed by atoms with van der Waals surface area (Å²) in [5, 5.41) is 0. The van der Waals surface area contributed by atoms with E-state index in [9.17, 15) is 0 Å². The minimum atomic E-state index is 0.112. The predicted molar refractivity (Wildman–Crippen MR) is 48.3 cm³/mol. The molecule has 0 aliphatic carbocycles. The topological polar surface area (TPSA) is 51.2 Å². The van der Waals surface area contributed by atoms with Gasteiger partial charge in [0.2, 0.25) is 0 Å². The van der Waals surface area contributed by atoms with E-state index in [2.05, 4.69) is 12.0 Å². The lowest BCUT2D eigenvalue weighted by molar-refractivity contribution is 0.505. The highest BCUT2D eigenvalue weighted by atomic mass is 16.3. The van der Waals surface area contributed by atoms with Crippen molar-refractivity contribution in [3.63, 3.8) is 0 Å². The van der Waals surface area contributed by atoms with Crippen LogP contribution in [0.3, 0.4) is 0 Å². The first-order valence-electron chi connectivity index (χ1n) is 3.90. The van der Waals surface area contributed by atoms with Gasteiger partial charge in [-0.05, 0) is 19.4 Å². The average molecular weight is 166 g/mol. The molecule has 0 saturated heterocycles. The van der Waals surface area contributed by atoms with Gasteiger partial charge >= 0.3 is 0 Å². The molecule has 66 valence electrons. The van der Waals surface area contributed by atoms with Gasteiger partial charge in [0.15, 0.2) is 0 Å². The molecule has 0 fully saturated rings. The van der Waals surface area contributed by atoms with Crippen LogP contribution < -0.4 is 11.3 Å². The molecule has 3 nitrogen and oxygen atoms in total. The summed E-state index contributed by atoms with van der Waals surface area (Å²) in [6.07, 6.45) is 4.30. The first-order chi connectivity index (χ1) is 5.79. The van der Waals surface area contributed by atoms with Gasteiger partial charge in [0, 0.05) is 5.56 Å². The monoisotopic (exact) mass is 166 g/mol. The van der Waals surface area contributed by atoms with E-state index in [1.165, 1.54) is 0 Å². The van der Waals surface area contributed by atoms with Crippen molar-refractivity contribution in [2.75, 3.05) is 0 Å². The van der Waals surface area contributed by atoms with Crippen molar-refractivity contribution in [3.05, 3.63) is 36.3 Å². The fraction of sp³-hybridized carbons (Fsp3) is 0.333. The summed E-state index contributed by atoms with van der Waals surface area (Å²) >= 11 is 0. The van der Waals surface area contributed by atoms with E-state index in [0.717, 1.165) is 17.7 Å². The Hall–Kier alpha value is -1.06. The van der Waals surface area contributed by atoms with Crippen molar-refractivity contribution in [3.8, 4) is 0 Å². The summed E-state index contributed by atoms with van der Waals surface area (Å²) in [5.74, 6) is 6.28. The third-order valence-corrected chi connectivity index (χ3v) is 1.88. The molecule has 1 unspecified atom stereocenters. The van der Waals surface area contributed by atoms with Crippen LogP contribution in [0.15, 0.2) is 29.4 Å². The number of furan rings is 1. The largest absolute Gasteiger partial charge is 0.469 e. The van der Waals surface area contributed by atoms with Crippen LogP contribution in [0.1, 0.15) is 23.8 Å². The summed E-state index contributed by atoms with van der Waals surface area (Å²) in [6, 6.07) is 2.03. The van der Waals surface area contributed by atoms with Gasteiger partial charge in [-0.1, -0.05) is 6.08 Å². The van der Waals surface area contributed by atoms with Crippen LogP contribution in [0, 0.1) is 6.92 Å². The summed E-state index contributed by atoms with van der Waals surface area (Å²) in [6.45, 7) is 5.58. The number of nitrogens with two attached hydrogens (primary N) is 1. The van der Waals surface area contributed by atoms with E-state index >= 15 is 0 Å². The zero-order chi connectivity index (χ0) is 8.97. The minimum Gasteiger partial charge on any atom is -0.469 e. The van der Waals surface area contributed by atoms with E-state index in [4.69, 9.17) is 10.3 Å². The van der Waals surface area contributed by atoms with Crippen molar-refractivity contribution in [1.82, 2.24) is 5.43 Å². The van der Waals surface area contributed by atoms with Crippen LogP contribution >= 0.6 is 0 Å². The van der Waals surface area contributed by atoms with Crippen LogP contribution in [-0.4, -0.2) is 0 Å². The fourth-order valence-corrected chi connectivity index (χ4v) is 1.21. The molecule has 1 rings (SSSR count). The van der Waals surface area contributed by atoms with E-state index in [1.807, 2.05) is 19.1 Å². The molecule has 1 atom stereocenters. The third kappa shape index (κ3) is 1.75. The lowest BCUT2D eigenvalue weighted by Gasteiger charge is -2.12. The van der Waals surface area contributed by atoms with Gasteiger partial charge in [0.25, 0.3) is 0 Å². The zero-order valence-corrected chi connectivity index (χ0v) is 7.21. The Kier molecular flexibility index (Phi) is 3.08. The second-order valence-electron chi connectivity index (χ2n) is 2.68. The van der Waals surface area contributed by atoms with E-state index in [1.54, 1.807) is 6.26 Å². The SMILES string of the molecule is C=CCC(NN)c1ccoc1C. The molecule has 3 N–H and O–H groups in total. The molecule has 0 aliphatic heterocycles. The fourth-order valence-electron chi connectivity index (χ4n) is 1.21. The molecule has 0 aliphatic rings. The Bertz CT molecular complexity index is 255. The van der Waals surface area contributed by atoms with Gasteiger partial charge in [-0.15, -0.1) is 6.58 Å². The number of rotatable bonds is 4. The normalized spacial score (nSPS) is 12.8. The second-order valence-corrected chi connectivity index (χ2v) is 2.68. The van der Waals surface area contributed by atoms with Crippen molar-refractivity contribution in [1.29, 1.82) is 0 Å². The van der Waals surface area contributed by atoms with Gasteiger partial charge in [0.1, 0.15) is 5.76 Å². The number of hydrazine groups is 1. The quantitative estimate of drug-likeness (QED) is 0.406. The molecule has 1 aromatic rings. The molecule has 12 heavy (non-hydrogen) atoms. The van der Waals surface area contributed by atoms with Gasteiger partial charge < -0.3 is 4.42 Å². The summed E-state index contributed by atoms with van der Waals surface area (Å²) in [5.41, 5.74) is 3.81. The van der Waals surface area contributed by atoms with Crippen molar-refractivity contribution < 1.29 is 4.42 Å². The maximum Gasteiger partial charge on any atom is 0.105 e. The highest BCUT2D eigenvalue weighted by Crippen LogP contribution is 2.20. The first kappa shape index (κ1) is 9.03. The van der Waals surface area contributed by atoms with E-state index < -0.39 is 0 Å². The molecule has 0 saturated carbocycles. The van der Waals surface area contributed by atoms with Gasteiger partial charge in [-0.25, -0.2) is 0 Å². The Balaban J connectivity index is 2.78. The van der Waals surface area contributed by atoms with Crippen molar-refractivity contribution >= 4 is 0 Å². The Labute approximate surface area is 72.2 Å². The van der Waals surface area contributed by atoms with Crippen LogP contribution in [0.5, 0.6) is 0 Å². The average Bonchev–Trinajstić information content (AvgIpc) is 2.47. The van der Waals surface area contributed by atoms with Gasteiger partial charge in [0.05, 0.1) is 12.3 Å². The molecule has 0 amide bonds.